The lowest BCUT2D eigenvalue weighted by Gasteiger charge is -2.34. The van der Waals surface area contributed by atoms with Crippen LogP contribution in [0.2, 0.25) is 0 Å². The minimum absolute atomic E-state index is 0.0400. The van der Waals surface area contributed by atoms with Gasteiger partial charge in [-0.1, -0.05) is 6.07 Å². The maximum absolute atomic E-state index is 13.8. The standard InChI is InChI=1S/C17H26FN3O2/c1-21(2)11-14-9-13(3-4-15(14)18)10-20-16(22)17(12-19)5-7-23-8-6-17/h3-4,9H,5-8,10-12,19H2,1-2H3,(H,20,22). The third kappa shape index (κ3) is 4.50. The van der Waals surface area contributed by atoms with Gasteiger partial charge in [0.05, 0.1) is 5.41 Å². The molecule has 128 valence electrons. The van der Waals surface area contributed by atoms with Crippen LogP contribution in [0.1, 0.15) is 24.0 Å². The molecular formula is C17H26FN3O2. The number of rotatable bonds is 6. The Hall–Kier alpha value is -1.50. The summed E-state index contributed by atoms with van der Waals surface area (Å²) in [7, 11) is 3.79. The molecule has 1 aromatic rings. The van der Waals surface area contributed by atoms with Gasteiger partial charge in [-0.25, -0.2) is 4.39 Å². The van der Waals surface area contributed by atoms with Gasteiger partial charge in [-0.05, 0) is 44.6 Å². The normalized spacial score (nSPS) is 17.3. The molecule has 0 radical (unpaired) electrons. The van der Waals surface area contributed by atoms with Gasteiger partial charge in [-0.15, -0.1) is 0 Å². The Morgan fingerprint density at radius 1 is 1.39 bits per heavy atom. The molecule has 1 aliphatic heterocycles. The van der Waals surface area contributed by atoms with Crippen molar-refractivity contribution >= 4 is 5.91 Å². The van der Waals surface area contributed by atoms with E-state index >= 15 is 0 Å². The van der Waals surface area contributed by atoms with Crippen LogP contribution in [0, 0.1) is 11.2 Å². The largest absolute Gasteiger partial charge is 0.381 e. The molecule has 23 heavy (non-hydrogen) atoms. The predicted octanol–water partition coefficient (Wildman–Crippen LogP) is 1.26. The van der Waals surface area contributed by atoms with Crippen molar-refractivity contribution in [2.75, 3.05) is 33.9 Å². The van der Waals surface area contributed by atoms with E-state index in [4.69, 9.17) is 10.5 Å². The van der Waals surface area contributed by atoms with E-state index in [0.717, 1.165) is 5.56 Å². The van der Waals surface area contributed by atoms with Crippen LogP contribution in [0.4, 0.5) is 4.39 Å². The Kier molecular flexibility index (Phi) is 6.10. The van der Waals surface area contributed by atoms with Crippen molar-refractivity contribution in [3.63, 3.8) is 0 Å². The topological polar surface area (TPSA) is 67.6 Å². The summed E-state index contributed by atoms with van der Waals surface area (Å²) in [5.41, 5.74) is 6.81. The first-order valence-corrected chi connectivity index (χ1v) is 7.95. The molecule has 0 saturated carbocycles. The first-order valence-electron chi connectivity index (χ1n) is 7.95. The van der Waals surface area contributed by atoms with Gasteiger partial charge in [0, 0.05) is 38.4 Å². The summed E-state index contributed by atoms with van der Waals surface area (Å²) in [5, 5.41) is 2.95. The molecule has 0 spiro atoms. The number of halogens is 1. The molecule has 0 atom stereocenters. The van der Waals surface area contributed by atoms with Crippen LogP contribution < -0.4 is 11.1 Å². The molecule has 3 N–H and O–H groups in total. The Morgan fingerprint density at radius 2 is 2.09 bits per heavy atom. The minimum Gasteiger partial charge on any atom is -0.381 e. The van der Waals surface area contributed by atoms with Crippen LogP contribution in [-0.2, 0) is 22.6 Å². The zero-order valence-electron chi connectivity index (χ0n) is 13.9. The molecule has 5 nitrogen and oxygen atoms in total. The van der Waals surface area contributed by atoms with Gasteiger partial charge in [0.2, 0.25) is 5.91 Å². The van der Waals surface area contributed by atoms with Crippen molar-refractivity contribution in [1.82, 2.24) is 10.2 Å². The van der Waals surface area contributed by atoms with E-state index in [9.17, 15) is 9.18 Å². The summed E-state index contributed by atoms with van der Waals surface area (Å²) < 4.78 is 19.1. The molecule has 1 heterocycles. The van der Waals surface area contributed by atoms with E-state index in [1.165, 1.54) is 6.07 Å². The number of benzene rings is 1. The lowest BCUT2D eigenvalue weighted by atomic mass is 9.79. The van der Waals surface area contributed by atoms with Gasteiger partial charge in [0.1, 0.15) is 5.82 Å². The lowest BCUT2D eigenvalue weighted by Crippen LogP contribution is -2.48. The average Bonchev–Trinajstić information content (AvgIpc) is 2.55. The highest BCUT2D eigenvalue weighted by atomic mass is 19.1. The summed E-state index contributed by atoms with van der Waals surface area (Å²) in [6.45, 7) is 2.35. The highest BCUT2D eigenvalue weighted by Gasteiger charge is 2.38. The van der Waals surface area contributed by atoms with E-state index < -0.39 is 5.41 Å². The molecule has 1 aliphatic rings. The van der Waals surface area contributed by atoms with Crippen molar-refractivity contribution in [2.24, 2.45) is 11.1 Å². The Morgan fingerprint density at radius 3 is 2.70 bits per heavy atom. The minimum atomic E-state index is -0.537. The summed E-state index contributed by atoms with van der Waals surface area (Å²) in [5.74, 6) is -0.265. The Bertz CT molecular complexity index is 543. The van der Waals surface area contributed by atoms with Crippen LogP contribution >= 0.6 is 0 Å². The monoisotopic (exact) mass is 323 g/mol. The van der Waals surface area contributed by atoms with Gasteiger partial charge >= 0.3 is 0 Å². The second-order valence-corrected chi connectivity index (χ2v) is 6.44. The molecular weight excluding hydrogens is 297 g/mol. The van der Waals surface area contributed by atoms with Crippen molar-refractivity contribution in [3.8, 4) is 0 Å². The third-order valence-electron chi connectivity index (χ3n) is 4.37. The van der Waals surface area contributed by atoms with Crippen molar-refractivity contribution < 1.29 is 13.9 Å². The molecule has 0 bridgehead atoms. The molecule has 1 amide bonds. The summed E-state index contributed by atoms with van der Waals surface area (Å²) in [6, 6.07) is 4.95. The molecule has 1 fully saturated rings. The number of hydrogen-bond donors (Lipinski definition) is 2. The number of hydrogen-bond acceptors (Lipinski definition) is 4. The maximum atomic E-state index is 13.8. The Labute approximate surface area is 137 Å². The number of nitrogens with one attached hydrogen (secondary N) is 1. The van der Waals surface area contributed by atoms with E-state index in [-0.39, 0.29) is 11.7 Å². The predicted molar refractivity (Wildman–Crippen MR) is 87.2 cm³/mol. The Balaban J connectivity index is 2.01. The first kappa shape index (κ1) is 17.8. The first-order chi connectivity index (χ1) is 11.0. The summed E-state index contributed by atoms with van der Waals surface area (Å²) in [6.07, 6.45) is 1.29. The summed E-state index contributed by atoms with van der Waals surface area (Å²) >= 11 is 0. The number of carbonyl (C=O) groups is 1. The number of nitrogens with zero attached hydrogens (tertiary/aromatic N) is 1. The highest BCUT2D eigenvalue weighted by Crippen LogP contribution is 2.29. The number of ether oxygens (including phenoxy) is 1. The fourth-order valence-electron chi connectivity index (χ4n) is 2.86. The van der Waals surface area contributed by atoms with Crippen LogP contribution in [0.15, 0.2) is 18.2 Å². The smallest absolute Gasteiger partial charge is 0.227 e. The van der Waals surface area contributed by atoms with E-state index in [1.807, 2.05) is 19.0 Å². The van der Waals surface area contributed by atoms with Gasteiger partial charge in [0.15, 0.2) is 0 Å². The molecule has 2 rings (SSSR count). The van der Waals surface area contributed by atoms with Crippen molar-refractivity contribution in [2.45, 2.75) is 25.9 Å². The van der Waals surface area contributed by atoms with E-state index in [0.29, 0.717) is 51.3 Å². The molecule has 0 aliphatic carbocycles. The van der Waals surface area contributed by atoms with E-state index in [2.05, 4.69) is 5.32 Å². The number of amides is 1. The van der Waals surface area contributed by atoms with Crippen LogP contribution in [0.25, 0.3) is 0 Å². The number of nitrogens with two attached hydrogens (primary N) is 1. The molecule has 0 aromatic heterocycles. The molecule has 0 unspecified atom stereocenters. The van der Waals surface area contributed by atoms with Gasteiger partial charge in [0.25, 0.3) is 0 Å². The van der Waals surface area contributed by atoms with Crippen LogP contribution in [-0.4, -0.2) is 44.7 Å². The molecule has 1 aromatic carbocycles. The third-order valence-corrected chi connectivity index (χ3v) is 4.37. The van der Waals surface area contributed by atoms with Gasteiger partial charge in [-0.3, -0.25) is 4.79 Å². The van der Waals surface area contributed by atoms with Crippen LogP contribution in [0.3, 0.4) is 0 Å². The van der Waals surface area contributed by atoms with Crippen molar-refractivity contribution in [3.05, 3.63) is 35.1 Å². The zero-order chi connectivity index (χ0) is 16.9. The number of carbonyl (C=O) groups excluding carboxylic acids is 1. The quantitative estimate of drug-likeness (QED) is 0.827. The lowest BCUT2D eigenvalue weighted by molar-refractivity contribution is -0.136. The van der Waals surface area contributed by atoms with Gasteiger partial charge < -0.3 is 20.7 Å². The zero-order valence-corrected chi connectivity index (χ0v) is 13.9. The highest BCUT2D eigenvalue weighted by molar-refractivity contribution is 5.83. The second kappa shape index (κ2) is 7.86. The van der Waals surface area contributed by atoms with Gasteiger partial charge in [-0.2, -0.15) is 0 Å². The van der Waals surface area contributed by atoms with E-state index in [1.54, 1.807) is 12.1 Å². The second-order valence-electron chi connectivity index (χ2n) is 6.44. The van der Waals surface area contributed by atoms with Crippen LogP contribution in [0.5, 0.6) is 0 Å². The van der Waals surface area contributed by atoms with Crippen molar-refractivity contribution in [1.29, 1.82) is 0 Å². The summed E-state index contributed by atoms with van der Waals surface area (Å²) in [4.78, 5) is 14.4. The fraction of sp³-hybridized carbons (Fsp3) is 0.588. The fourth-order valence-corrected chi connectivity index (χ4v) is 2.86. The maximum Gasteiger partial charge on any atom is 0.227 e. The SMILES string of the molecule is CN(C)Cc1cc(CNC(=O)C2(CN)CCOCC2)ccc1F. The molecule has 1 saturated heterocycles. The molecule has 6 heteroatoms. The average molecular weight is 323 g/mol.